The molecule has 0 spiro atoms. The van der Waals surface area contributed by atoms with Crippen LogP contribution >= 0.6 is 34.8 Å². The van der Waals surface area contributed by atoms with Crippen LogP contribution < -0.4 is 0 Å². The number of alkyl halides is 3. The van der Waals surface area contributed by atoms with E-state index >= 15 is 0 Å². The van der Waals surface area contributed by atoms with Crippen molar-refractivity contribution in [2.45, 2.75) is 36.0 Å². The summed E-state index contributed by atoms with van der Waals surface area (Å²) in [6.45, 7) is 2.44. The van der Waals surface area contributed by atoms with Gasteiger partial charge in [-0.25, -0.2) is 0 Å². The lowest BCUT2D eigenvalue weighted by Crippen LogP contribution is -2.47. The first-order valence-electron chi connectivity index (χ1n) is 4.93. The normalized spacial score (nSPS) is 33.0. The third-order valence-corrected chi connectivity index (χ3v) is 2.93. The van der Waals surface area contributed by atoms with Gasteiger partial charge in [0.1, 0.15) is 0 Å². The summed E-state index contributed by atoms with van der Waals surface area (Å²) in [5.41, 5.74) is 0. The van der Waals surface area contributed by atoms with Crippen LogP contribution in [0.5, 0.6) is 0 Å². The zero-order valence-corrected chi connectivity index (χ0v) is 10.7. The van der Waals surface area contributed by atoms with Crippen LogP contribution in [0.1, 0.15) is 19.8 Å². The smallest absolute Gasteiger partial charge is 0.240 e. The zero-order chi connectivity index (χ0) is 11.5. The largest absolute Gasteiger partial charge is 0.394 e. The van der Waals surface area contributed by atoms with Gasteiger partial charge in [0, 0.05) is 5.92 Å². The minimum absolute atomic E-state index is 0.0781. The van der Waals surface area contributed by atoms with Crippen molar-refractivity contribution in [2.75, 3.05) is 13.2 Å². The standard InChI is InChI=1S/C9H15Cl3O3/c1-2-3-6-5-14-8(9(10,11)12)15-7(6)4-13/h6-8,13H,2-5H2,1H3. The first-order valence-corrected chi connectivity index (χ1v) is 6.07. The summed E-state index contributed by atoms with van der Waals surface area (Å²) < 4.78 is 9.10. The minimum Gasteiger partial charge on any atom is -0.394 e. The predicted octanol–water partition coefficient (Wildman–Crippen LogP) is 2.51. The Hall–Kier alpha value is 0.750. The number of rotatable bonds is 3. The van der Waals surface area contributed by atoms with Gasteiger partial charge in [-0.3, -0.25) is 0 Å². The lowest BCUT2D eigenvalue weighted by molar-refractivity contribution is -0.242. The molecule has 0 aliphatic carbocycles. The fourth-order valence-electron chi connectivity index (χ4n) is 1.63. The minimum atomic E-state index is -1.61. The summed E-state index contributed by atoms with van der Waals surface area (Å²) in [4.78, 5) is 0. The van der Waals surface area contributed by atoms with E-state index in [9.17, 15) is 0 Å². The van der Waals surface area contributed by atoms with Crippen molar-refractivity contribution >= 4 is 34.8 Å². The summed E-state index contributed by atoms with van der Waals surface area (Å²) in [7, 11) is 0. The van der Waals surface area contributed by atoms with Gasteiger partial charge in [-0.1, -0.05) is 48.1 Å². The fourth-order valence-corrected chi connectivity index (χ4v) is 1.97. The second kappa shape index (κ2) is 5.89. The molecule has 0 aromatic carbocycles. The van der Waals surface area contributed by atoms with Gasteiger partial charge in [-0.15, -0.1) is 0 Å². The van der Waals surface area contributed by atoms with Gasteiger partial charge >= 0.3 is 0 Å². The van der Waals surface area contributed by atoms with E-state index in [-0.39, 0.29) is 18.6 Å². The molecule has 90 valence electrons. The fraction of sp³-hybridized carbons (Fsp3) is 1.00. The molecule has 0 saturated carbocycles. The third kappa shape index (κ3) is 3.91. The lowest BCUT2D eigenvalue weighted by atomic mass is 9.97. The molecule has 1 aliphatic rings. The summed E-state index contributed by atoms with van der Waals surface area (Å²) in [5.74, 6) is 0.170. The number of aliphatic hydroxyl groups excluding tert-OH is 1. The highest BCUT2D eigenvalue weighted by atomic mass is 35.6. The van der Waals surface area contributed by atoms with Crippen LogP contribution in [0.3, 0.4) is 0 Å². The van der Waals surface area contributed by atoms with E-state index in [1.165, 1.54) is 0 Å². The molecule has 3 atom stereocenters. The average molecular weight is 278 g/mol. The number of aliphatic hydroxyl groups is 1. The van der Waals surface area contributed by atoms with Gasteiger partial charge in [0.25, 0.3) is 0 Å². The molecule has 1 aliphatic heterocycles. The van der Waals surface area contributed by atoms with Crippen LogP contribution in [-0.2, 0) is 9.47 Å². The SMILES string of the molecule is CCCC1COC(C(Cl)(Cl)Cl)OC1CO. The Balaban J connectivity index is 2.55. The molecule has 3 unspecified atom stereocenters. The second-order valence-electron chi connectivity index (χ2n) is 3.61. The Kier molecular flexibility index (Phi) is 5.43. The number of hydrogen-bond acceptors (Lipinski definition) is 3. The van der Waals surface area contributed by atoms with Crippen LogP contribution in [0, 0.1) is 5.92 Å². The van der Waals surface area contributed by atoms with Crippen LogP contribution in [0.4, 0.5) is 0 Å². The summed E-state index contributed by atoms with van der Waals surface area (Å²) >= 11 is 17.0. The molecule has 15 heavy (non-hydrogen) atoms. The van der Waals surface area contributed by atoms with Crippen molar-refractivity contribution in [1.82, 2.24) is 0 Å². The highest BCUT2D eigenvalue weighted by Crippen LogP contribution is 2.37. The third-order valence-electron chi connectivity index (χ3n) is 2.39. The Morgan fingerprint density at radius 3 is 2.53 bits per heavy atom. The Morgan fingerprint density at radius 2 is 2.07 bits per heavy atom. The van der Waals surface area contributed by atoms with Crippen molar-refractivity contribution in [1.29, 1.82) is 0 Å². The van der Waals surface area contributed by atoms with E-state index in [0.29, 0.717) is 6.61 Å². The Labute approximate surface area is 105 Å². The molecule has 0 radical (unpaired) electrons. The van der Waals surface area contributed by atoms with E-state index in [1.807, 2.05) is 0 Å². The summed E-state index contributed by atoms with van der Waals surface area (Å²) in [6.07, 6.45) is 0.733. The van der Waals surface area contributed by atoms with Gasteiger partial charge in [0.2, 0.25) is 10.1 Å². The molecule has 1 saturated heterocycles. The quantitative estimate of drug-likeness (QED) is 0.806. The molecule has 1 N–H and O–H groups in total. The van der Waals surface area contributed by atoms with E-state index in [0.717, 1.165) is 12.8 Å². The van der Waals surface area contributed by atoms with Crippen LogP contribution in [0.15, 0.2) is 0 Å². The molecular formula is C9H15Cl3O3. The lowest BCUT2D eigenvalue weighted by Gasteiger charge is -2.38. The van der Waals surface area contributed by atoms with Crippen molar-refractivity contribution in [3.05, 3.63) is 0 Å². The molecular weight excluding hydrogens is 262 g/mol. The Bertz CT molecular complexity index is 196. The van der Waals surface area contributed by atoms with Crippen LogP contribution in [-0.4, -0.2) is 34.5 Å². The first kappa shape index (κ1) is 13.8. The first-order chi connectivity index (χ1) is 6.99. The maximum atomic E-state index is 9.16. The highest BCUT2D eigenvalue weighted by molar-refractivity contribution is 6.67. The second-order valence-corrected chi connectivity index (χ2v) is 5.98. The van der Waals surface area contributed by atoms with Crippen molar-refractivity contribution in [3.63, 3.8) is 0 Å². The average Bonchev–Trinajstić information content (AvgIpc) is 2.17. The predicted molar refractivity (Wildman–Crippen MR) is 60.4 cm³/mol. The van der Waals surface area contributed by atoms with Gasteiger partial charge < -0.3 is 14.6 Å². The van der Waals surface area contributed by atoms with E-state index in [4.69, 9.17) is 49.4 Å². The topological polar surface area (TPSA) is 38.7 Å². The molecule has 0 aromatic heterocycles. The highest BCUT2D eigenvalue weighted by Gasteiger charge is 2.41. The Morgan fingerprint density at radius 1 is 1.40 bits per heavy atom. The van der Waals surface area contributed by atoms with Gasteiger partial charge in [-0.2, -0.15) is 0 Å². The molecule has 3 nitrogen and oxygen atoms in total. The van der Waals surface area contributed by atoms with E-state index in [2.05, 4.69) is 6.92 Å². The maximum Gasteiger partial charge on any atom is 0.240 e. The molecule has 6 heteroatoms. The van der Waals surface area contributed by atoms with Gasteiger partial charge in [-0.05, 0) is 6.42 Å². The van der Waals surface area contributed by atoms with Crippen molar-refractivity contribution < 1.29 is 14.6 Å². The van der Waals surface area contributed by atoms with E-state index in [1.54, 1.807) is 0 Å². The molecule has 0 amide bonds. The number of hydrogen-bond donors (Lipinski definition) is 1. The summed E-state index contributed by atoms with van der Waals surface area (Å²) in [5, 5.41) is 9.16. The van der Waals surface area contributed by atoms with Gasteiger partial charge in [0.05, 0.1) is 19.3 Å². The molecule has 1 rings (SSSR count). The zero-order valence-electron chi connectivity index (χ0n) is 8.46. The number of halogens is 3. The molecule has 0 aromatic rings. The monoisotopic (exact) mass is 276 g/mol. The summed E-state index contributed by atoms with van der Waals surface area (Å²) in [6, 6.07) is 0. The van der Waals surface area contributed by atoms with E-state index < -0.39 is 10.1 Å². The van der Waals surface area contributed by atoms with Gasteiger partial charge in [0.15, 0.2) is 0 Å². The van der Waals surface area contributed by atoms with Crippen LogP contribution in [0.25, 0.3) is 0 Å². The molecule has 0 bridgehead atoms. The van der Waals surface area contributed by atoms with Crippen molar-refractivity contribution in [2.24, 2.45) is 5.92 Å². The van der Waals surface area contributed by atoms with Crippen LogP contribution in [0.2, 0.25) is 0 Å². The molecule has 1 heterocycles. The molecule has 1 fully saturated rings. The number of ether oxygens (including phenoxy) is 2. The van der Waals surface area contributed by atoms with Crippen molar-refractivity contribution in [3.8, 4) is 0 Å². The maximum absolute atomic E-state index is 9.16.